The van der Waals surface area contributed by atoms with E-state index in [1.54, 1.807) is 0 Å². The molecule has 1 aliphatic rings. The molecule has 2 N–H and O–H groups in total. The van der Waals surface area contributed by atoms with Gasteiger partial charge in [0.25, 0.3) is 0 Å². The zero-order chi connectivity index (χ0) is 22.0. The molecule has 0 radical (unpaired) electrons. The molecule has 3 aromatic carbocycles. The molecule has 1 unspecified atom stereocenters. The van der Waals surface area contributed by atoms with Crippen LogP contribution in [0.25, 0.3) is 11.1 Å². The van der Waals surface area contributed by atoms with E-state index in [-0.39, 0.29) is 18.9 Å². The first-order valence-corrected chi connectivity index (χ1v) is 10.3. The summed E-state index contributed by atoms with van der Waals surface area (Å²) in [6.45, 7) is 4.08. The highest BCUT2D eigenvalue weighted by Crippen LogP contribution is 2.44. The molecule has 0 spiro atoms. The van der Waals surface area contributed by atoms with E-state index in [4.69, 9.17) is 4.74 Å². The van der Waals surface area contributed by atoms with Crippen molar-refractivity contribution in [2.75, 3.05) is 6.61 Å². The molecular formula is C26H25NO4. The van der Waals surface area contributed by atoms with E-state index in [1.165, 1.54) is 0 Å². The summed E-state index contributed by atoms with van der Waals surface area (Å²) in [4.78, 5) is 24.1. The van der Waals surface area contributed by atoms with Crippen molar-refractivity contribution in [2.24, 2.45) is 0 Å². The van der Waals surface area contributed by atoms with Crippen molar-refractivity contribution in [3.05, 3.63) is 94.5 Å². The molecule has 0 aliphatic heterocycles. The lowest BCUT2D eigenvalue weighted by Crippen LogP contribution is -2.32. The molecule has 0 bridgehead atoms. The van der Waals surface area contributed by atoms with Crippen LogP contribution in [0.3, 0.4) is 0 Å². The number of carbonyl (C=O) groups excluding carboxylic acids is 1. The van der Waals surface area contributed by atoms with E-state index in [1.807, 2.05) is 56.3 Å². The van der Waals surface area contributed by atoms with Crippen LogP contribution in [0.4, 0.5) is 4.79 Å². The second-order valence-electron chi connectivity index (χ2n) is 7.91. The number of fused-ring (bicyclic) bond motifs is 3. The van der Waals surface area contributed by atoms with E-state index >= 15 is 0 Å². The maximum absolute atomic E-state index is 12.7. The van der Waals surface area contributed by atoms with Gasteiger partial charge in [0.1, 0.15) is 6.61 Å². The second kappa shape index (κ2) is 8.64. The van der Waals surface area contributed by atoms with Gasteiger partial charge in [0.15, 0.2) is 0 Å². The maximum atomic E-state index is 12.7. The van der Waals surface area contributed by atoms with Crippen molar-refractivity contribution >= 4 is 12.1 Å². The SMILES string of the molecule is Cc1cccc(C(CC(=O)O)NC(=O)OCC2c3ccccc3-c3ccccc32)c1C. The number of carbonyl (C=O) groups is 2. The first kappa shape index (κ1) is 20.7. The third-order valence-corrected chi connectivity index (χ3v) is 6.04. The minimum atomic E-state index is -0.982. The van der Waals surface area contributed by atoms with E-state index in [2.05, 4.69) is 29.6 Å². The highest BCUT2D eigenvalue weighted by molar-refractivity contribution is 5.79. The molecular weight excluding hydrogens is 390 g/mol. The van der Waals surface area contributed by atoms with Crippen LogP contribution in [-0.4, -0.2) is 23.8 Å². The fraction of sp³-hybridized carbons (Fsp3) is 0.231. The van der Waals surface area contributed by atoms with Crippen molar-refractivity contribution in [1.29, 1.82) is 0 Å². The summed E-state index contributed by atoms with van der Waals surface area (Å²) in [6, 6.07) is 21.3. The van der Waals surface area contributed by atoms with Crippen molar-refractivity contribution in [3.8, 4) is 11.1 Å². The molecule has 0 saturated heterocycles. The van der Waals surface area contributed by atoms with Crippen LogP contribution in [-0.2, 0) is 9.53 Å². The molecule has 4 rings (SSSR count). The predicted molar refractivity (Wildman–Crippen MR) is 119 cm³/mol. The number of amides is 1. The van der Waals surface area contributed by atoms with E-state index in [0.29, 0.717) is 0 Å². The zero-order valence-corrected chi connectivity index (χ0v) is 17.6. The standard InChI is InChI=1S/C26H25NO4/c1-16-8-7-13-18(17(16)2)24(14-25(28)29)27-26(30)31-15-23-21-11-5-3-9-19(21)20-10-4-6-12-22(20)23/h3-13,23-24H,14-15H2,1-2H3,(H,27,30)(H,28,29). The molecule has 158 valence electrons. The summed E-state index contributed by atoms with van der Waals surface area (Å²) >= 11 is 0. The van der Waals surface area contributed by atoms with Crippen LogP contribution in [0.5, 0.6) is 0 Å². The Labute approximate surface area is 181 Å². The summed E-state index contributed by atoms with van der Waals surface area (Å²) in [6.07, 6.45) is -0.830. The molecule has 1 aliphatic carbocycles. The van der Waals surface area contributed by atoms with Gasteiger partial charge in [-0.05, 0) is 52.8 Å². The van der Waals surface area contributed by atoms with E-state index < -0.39 is 18.1 Å². The van der Waals surface area contributed by atoms with Crippen molar-refractivity contribution in [1.82, 2.24) is 5.32 Å². The van der Waals surface area contributed by atoms with E-state index in [0.717, 1.165) is 38.9 Å². The Morgan fingerprint density at radius 1 is 0.935 bits per heavy atom. The van der Waals surface area contributed by atoms with Crippen molar-refractivity contribution in [2.45, 2.75) is 32.2 Å². The largest absolute Gasteiger partial charge is 0.481 e. The lowest BCUT2D eigenvalue weighted by Gasteiger charge is -2.21. The van der Waals surface area contributed by atoms with Crippen LogP contribution in [0, 0.1) is 13.8 Å². The van der Waals surface area contributed by atoms with Gasteiger partial charge in [-0.2, -0.15) is 0 Å². The summed E-state index contributed by atoms with van der Waals surface area (Å²) in [7, 11) is 0. The van der Waals surface area contributed by atoms with E-state index in [9.17, 15) is 14.7 Å². The second-order valence-corrected chi connectivity index (χ2v) is 7.91. The monoisotopic (exact) mass is 415 g/mol. The van der Waals surface area contributed by atoms with Gasteiger partial charge < -0.3 is 15.2 Å². The summed E-state index contributed by atoms with van der Waals surface area (Å²) < 4.78 is 5.60. The number of hydrogen-bond donors (Lipinski definition) is 2. The zero-order valence-electron chi connectivity index (χ0n) is 17.6. The molecule has 0 heterocycles. The van der Waals surface area contributed by atoms with Crippen LogP contribution < -0.4 is 5.32 Å². The number of hydrogen-bond acceptors (Lipinski definition) is 3. The lowest BCUT2D eigenvalue weighted by atomic mass is 9.95. The van der Waals surface area contributed by atoms with Crippen molar-refractivity contribution < 1.29 is 19.4 Å². The first-order chi connectivity index (χ1) is 15.0. The molecule has 5 nitrogen and oxygen atoms in total. The quantitative estimate of drug-likeness (QED) is 0.568. The normalized spacial score (nSPS) is 13.2. The molecule has 31 heavy (non-hydrogen) atoms. The number of aryl methyl sites for hydroxylation is 1. The minimum absolute atomic E-state index is 0.0446. The van der Waals surface area contributed by atoms with Gasteiger partial charge in [0.05, 0.1) is 12.5 Å². The van der Waals surface area contributed by atoms with Gasteiger partial charge in [-0.25, -0.2) is 4.79 Å². The average molecular weight is 415 g/mol. The average Bonchev–Trinajstić information content (AvgIpc) is 3.07. The number of ether oxygens (including phenoxy) is 1. The number of nitrogens with one attached hydrogen (secondary N) is 1. The van der Waals surface area contributed by atoms with Gasteiger partial charge in [-0.15, -0.1) is 0 Å². The Morgan fingerprint density at radius 2 is 1.55 bits per heavy atom. The number of rotatable bonds is 6. The maximum Gasteiger partial charge on any atom is 0.407 e. The number of aliphatic carboxylic acids is 1. The van der Waals surface area contributed by atoms with Gasteiger partial charge >= 0.3 is 12.1 Å². The van der Waals surface area contributed by atoms with Crippen molar-refractivity contribution in [3.63, 3.8) is 0 Å². The van der Waals surface area contributed by atoms with Crippen LogP contribution in [0.1, 0.15) is 46.2 Å². The summed E-state index contributed by atoms with van der Waals surface area (Å²) in [5.74, 6) is -1.03. The highest BCUT2D eigenvalue weighted by Gasteiger charge is 2.29. The predicted octanol–water partition coefficient (Wildman–Crippen LogP) is 5.36. The minimum Gasteiger partial charge on any atom is -0.481 e. The Hall–Kier alpha value is -3.60. The summed E-state index contributed by atoms with van der Waals surface area (Å²) in [5.41, 5.74) is 7.38. The smallest absolute Gasteiger partial charge is 0.407 e. The van der Waals surface area contributed by atoms with Crippen LogP contribution in [0.2, 0.25) is 0 Å². The third kappa shape index (κ3) is 4.17. The first-order valence-electron chi connectivity index (χ1n) is 10.3. The van der Waals surface area contributed by atoms with Gasteiger partial charge in [0, 0.05) is 5.92 Å². The number of carboxylic acid groups (broad SMARTS) is 1. The molecule has 3 aromatic rings. The molecule has 5 heteroatoms. The molecule has 0 aromatic heterocycles. The Balaban J connectivity index is 1.50. The molecule has 0 fully saturated rings. The van der Waals surface area contributed by atoms with Gasteiger partial charge in [-0.3, -0.25) is 4.79 Å². The Kier molecular flexibility index (Phi) is 5.76. The van der Waals surface area contributed by atoms with Crippen LogP contribution in [0.15, 0.2) is 66.7 Å². The van der Waals surface area contributed by atoms with Gasteiger partial charge in [-0.1, -0.05) is 66.7 Å². The Bertz CT molecular complexity index is 1090. The topological polar surface area (TPSA) is 75.6 Å². The third-order valence-electron chi connectivity index (χ3n) is 6.04. The number of benzene rings is 3. The fourth-order valence-corrected chi connectivity index (χ4v) is 4.35. The molecule has 1 atom stereocenters. The fourth-order valence-electron chi connectivity index (χ4n) is 4.35. The highest BCUT2D eigenvalue weighted by atomic mass is 16.5. The summed E-state index contributed by atoms with van der Waals surface area (Å²) in [5, 5.41) is 12.1. The van der Waals surface area contributed by atoms with Crippen LogP contribution >= 0.6 is 0 Å². The lowest BCUT2D eigenvalue weighted by molar-refractivity contribution is -0.137. The number of alkyl carbamates (subject to hydrolysis) is 1. The molecule has 0 saturated carbocycles. The van der Waals surface area contributed by atoms with Gasteiger partial charge in [0.2, 0.25) is 0 Å². The molecule has 1 amide bonds. The number of carboxylic acids is 1. The Morgan fingerprint density at radius 3 is 2.16 bits per heavy atom.